The molecule has 0 aromatic heterocycles. The van der Waals surface area contributed by atoms with Crippen molar-refractivity contribution in [3.05, 3.63) is 34.3 Å². The maximum absolute atomic E-state index is 6.19. The third kappa shape index (κ3) is 5.82. The Balaban J connectivity index is 2.82. The quantitative estimate of drug-likeness (QED) is 0.737. The van der Waals surface area contributed by atoms with Crippen molar-refractivity contribution in [2.45, 2.75) is 58.6 Å². The van der Waals surface area contributed by atoms with E-state index in [0.717, 1.165) is 30.8 Å². The molecule has 0 aliphatic rings. The molecule has 0 amide bonds. The molecule has 0 spiro atoms. The molecule has 1 N–H and O–H groups in total. The molecule has 1 aromatic rings. The Hall–Kier alpha value is -0.570. The van der Waals surface area contributed by atoms with E-state index in [4.69, 9.17) is 16.3 Å². The standard InChI is InChI=1S/C17H28ClNO/c1-6-9-19-16(7-8-17(3,4)20-5)14-10-13(2)11-15(18)12-14/h10-12,16,19H,6-9H2,1-5H3. The van der Waals surface area contributed by atoms with Crippen LogP contribution in [0.5, 0.6) is 0 Å². The molecule has 2 nitrogen and oxygen atoms in total. The topological polar surface area (TPSA) is 21.3 Å². The van der Waals surface area contributed by atoms with Crippen molar-refractivity contribution in [1.82, 2.24) is 5.32 Å². The third-order valence-electron chi connectivity index (χ3n) is 3.70. The Bertz CT molecular complexity index is 397. The van der Waals surface area contributed by atoms with E-state index >= 15 is 0 Å². The van der Waals surface area contributed by atoms with Gasteiger partial charge in [0.25, 0.3) is 0 Å². The number of methoxy groups -OCH3 is 1. The van der Waals surface area contributed by atoms with Crippen LogP contribution in [0, 0.1) is 6.92 Å². The number of hydrogen-bond donors (Lipinski definition) is 1. The SMILES string of the molecule is CCCNC(CCC(C)(C)OC)c1cc(C)cc(Cl)c1. The summed E-state index contributed by atoms with van der Waals surface area (Å²) in [5, 5.41) is 4.44. The predicted molar refractivity (Wildman–Crippen MR) is 87.5 cm³/mol. The average molecular weight is 298 g/mol. The minimum absolute atomic E-state index is 0.0836. The van der Waals surface area contributed by atoms with Gasteiger partial charge in [0.2, 0.25) is 0 Å². The van der Waals surface area contributed by atoms with Crippen LogP contribution >= 0.6 is 11.6 Å². The summed E-state index contributed by atoms with van der Waals surface area (Å²) < 4.78 is 5.52. The molecule has 0 saturated heterocycles. The molecule has 0 fully saturated rings. The van der Waals surface area contributed by atoms with E-state index in [2.05, 4.69) is 45.1 Å². The van der Waals surface area contributed by atoms with E-state index in [0.29, 0.717) is 6.04 Å². The van der Waals surface area contributed by atoms with E-state index in [1.165, 1.54) is 11.1 Å². The van der Waals surface area contributed by atoms with Gasteiger partial charge in [0.15, 0.2) is 0 Å². The van der Waals surface area contributed by atoms with Crippen molar-refractivity contribution in [3.8, 4) is 0 Å². The normalized spacial score (nSPS) is 13.5. The molecule has 0 aliphatic heterocycles. The van der Waals surface area contributed by atoms with Gasteiger partial charge >= 0.3 is 0 Å². The summed E-state index contributed by atoms with van der Waals surface area (Å²) in [6.45, 7) is 9.56. The zero-order valence-electron chi connectivity index (χ0n) is 13.4. The zero-order chi connectivity index (χ0) is 15.2. The first-order chi connectivity index (χ1) is 9.38. The van der Waals surface area contributed by atoms with Crippen LogP contribution in [-0.4, -0.2) is 19.3 Å². The van der Waals surface area contributed by atoms with Crippen molar-refractivity contribution >= 4 is 11.6 Å². The predicted octanol–water partition coefficient (Wildman–Crippen LogP) is 4.89. The highest BCUT2D eigenvalue weighted by Crippen LogP contribution is 2.27. The average Bonchev–Trinajstić information content (AvgIpc) is 2.37. The number of rotatable bonds is 8. The lowest BCUT2D eigenvalue weighted by molar-refractivity contribution is 0.0117. The van der Waals surface area contributed by atoms with Crippen molar-refractivity contribution in [3.63, 3.8) is 0 Å². The van der Waals surface area contributed by atoms with Gasteiger partial charge in [0.1, 0.15) is 0 Å². The summed E-state index contributed by atoms with van der Waals surface area (Å²) in [6.07, 6.45) is 3.18. The van der Waals surface area contributed by atoms with Crippen LogP contribution in [0.4, 0.5) is 0 Å². The lowest BCUT2D eigenvalue weighted by Gasteiger charge is -2.27. The van der Waals surface area contributed by atoms with Crippen LogP contribution < -0.4 is 5.32 Å². The smallest absolute Gasteiger partial charge is 0.0623 e. The highest BCUT2D eigenvalue weighted by atomic mass is 35.5. The monoisotopic (exact) mass is 297 g/mol. The molecule has 20 heavy (non-hydrogen) atoms. The zero-order valence-corrected chi connectivity index (χ0v) is 14.2. The number of aryl methyl sites for hydroxylation is 1. The summed E-state index contributed by atoms with van der Waals surface area (Å²) in [6, 6.07) is 6.63. The van der Waals surface area contributed by atoms with E-state index in [-0.39, 0.29) is 5.60 Å². The molecule has 1 atom stereocenters. The first-order valence-electron chi connectivity index (χ1n) is 7.43. The lowest BCUT2D eigenvalue weighted by atomic mass is 9.94. The fraction of sp³-hybridized carbons (Fsp3) is 0.647. The second-order valence-corrected chi connectivity index (χ2v) is 6.51. The summed E-state index contributed by atoms with van der Waals surface area (Å²) in [7, 11) is 1.78. The van der Waals surface area contributed by atoms with Gasteiger partial charge in [-0.2, -0.15) is 0 Å². The van der Waals surface area contributed by atoms with Crippen molar-refractivity contribution in [2.75, 3.05) is 13.7 Å². The summed E-state index contributed by atoms with van der Waals surface area (Å²) in [5.41, 5.74) is 2.40. The summed E-state index contributed by atoms with van der Waals surface area (Å²) in [5.74, 6) is 0. The van der Waals surface area contributed by atoms with Gasteiger partial charge < -0.3 is 10.1 Å². The van der Waals surface area contributed by atoms with Gasteiger partial charge in [0, 0.05) is 18.2 Å². The minimum Gasteiger partial charge on any atom is -0.379 e. The van der Waals surface area contributed by atoms with E-state index in [1.54, 1.807) is 7.11 Å². The van der Waals surface area contributed by atoms with E-state index in [1.807, 2.05) is 6.07 Å². The maximum Gasteiger partial charge on any atom is 0.0623 e. The fourth-order valence-electron chi connectivity index (χ4n) is 2.26. The number of nitrogens with one attached hydrogen (secondary N) is 1. The number of benzene rings is 1. The Morgan fingerprint density at radius 3 is 2.55 bits per heavy atom. The van der Waals surface area contributed by atoms with Crippen molar-refractivity contribution < 1.29 is 4.74 Å². The molecule has 1 unspecified atom stereocenters. The second-order valence-electron chi connectivity index (χ2n) is 6.07. The van der Waals surface area contributed by atoms with Gasteiger partial charge in [-0.3, -0.25) is 0 Å². The van der Waals surface area contributed by atoms with E-state index in [9.17, 15) is 0 Å². The molecule has 0 aliphatic carbocycles. The molecule has 114 valence electrons. The molecule has 1 aromatic carbocycles. The second kappa shape index (κ2) is 8.02. The van der Waals surface area contributed by atoms with Crippen LogP contribution in [-0.2, 0) is 4.74 Å². The Morgan fingerprint density at radius 2 is 2.00 bits per heavy atom. The molecule has 3 heteroatoms. The summed E-state index contributed by atoms with van der Waals surface area (Å²) >= 11 is 6.19. The number of hydrogen-bond acceptors (Lipinski definition) is 2. The van der Waals surface area contributed by atoms with E-state index < -0.39 is 0 Å². The Morgan fingerprint density at radius 1 is 1.30 bits per heavy atom. The Kier molecular flexibility index (Phi) is 7.01. The highest BCUT2D eigenvalue weighted by Gasteiger charge is 2.20. The number of ether oxygens (including phenoxy) is 1. The van der Waals surface area contributed by atoms with Gasteiger partial charge in [0.05, 0.1) is 5.60 Å². The van der Waals surface area contributed by atoms with Crippen LogP contribution in [0.1, 0.15) is 57.2 Å². The van der Waals surface area contributed by atoms with Crippen LogP contribution in [0.15, 0.2) is 18.2 Å². The number of halogens is 1. The van der Waals surface area contributed by atoms with Gasteiger partial charge in [-0.15, -0.1) is 0 Å². The molecule has 0 saturated carbocycles. The fourth-order valence-corrected chi connectivity index (χ4v) is 2.56. The van der Waals surface area contributed by atoms with Crippen molar-refractivity contribution in [1.29, 1.82) is 0 Å². The Labute approximate surface area is 128 Å². The van der Waals surface area contributed by atoms with Gasteiger partial charge in [-0.05, 0) is 69.8 Å². The molecule has 1 rings (SSSR count). The molecular formula is C17H28ClNO. The van der Waals surface area contributed by atoms with Gasteiger partial charge in [-0.25, -0.2) is 0 Å². The first kappa shape index (κ1) is 17.5. The largest absolute Gasteiger partial charge is 0.379 e. The molecule has 0 radical (unpaired) electrons. The summed E-state index contributed by atoms with van der Waals surface area (Å²) in [4.78, 5) is 0. The van der Waals surface area contributed by atoms with Crippen LogP contribution in [0.25, 0.3) is 0 Å². The van der Waals surface area contributed by atoms with Gasteiger partial charge in [-0.1, -0.05) is 24.6 Å². The third-order valence-corrected chi connectivity index (χ3v) is 3.91. The van der Waals surface area contributed by atoms with Crippen molar-refractivity contribution in [2.24, 2.45) is 0 Å². The van der Waals surface area contributed by atoms with Crippen LogP contribution in [0.3, 0.4) is 0 Å². The highest BCUT2D eigenvalue weighted by molar-refractivity contribution is 6.30. The molecular weight excluding hydrogens is 270 g/mol. The minimum atomic E-state index is -0.0836. The maximum atomic E-state index is 6.19. The lowest BCUT2D eigenvalue weighted by Crippen LogP contribution is -2.28. The molecule has 0 heterocycles. The first-order valence-corrected chi connectivity index (χ1v) is 7.81. The van der Waals surface area contributed by atoms with Crippen LogP contribution in [0.2, 0.25) is 5.02 Å². The molecule has 0 bridgehead atoms.